The van der Waals surface area contributed by atoms with E-state index >= 15 is 0 Å². The predicted octanol–water partition coefficient (Wildman–Crippen LogP) is 5.66. The van der Waals surface area contributed by atoms with Crippen molar-refractivity contribution in [2.24, 2.45) is 0 Å². The molecule has 8 heteroatoms. The van der Waals surface area contributed by atoms with Crippen molar-refractivity contribution in [1.82, 2.24) is 0 Å². The molecule has 2 aromatic carbocycles. The molecule has 0 heterocycles. The largest absolute Gasteiger partial charge is 0.418 e. The summed E-state index contributed by atoms with van der Waals surface area (Å²) in [6.07, 6.45) is -4.64. The molecular formula is C14H9Cl2F3N2O. The third-order valence-electron chi connectivity index (χ3n) is 2.62. The minimum atomic E-state index is -4.64. The molecule has 0 bridgehead atoms. The molecule has 2 N–H and O–H groups in total. The average molecular weight is 349 g/mol. The number of benzene rings is 2. The van der Waals surface area contributed by atoms with Crippen molar-refractivity contribution in [3.05, 3.63) is 58.1 Å². The quantitative estimate of drug-likeness (QED) is 0.722. The Morgan fingerprint density at radius 3 is 2.27 bits per heavy atom. The fourth-order valence-electron chi connectivity index (χ4n) is 1.71. The van der Waals surface area contributed by atoms with Crippen LogP contribution >= 0.6 is 23.2 Å². The van der Waals surface area contributed by atoms with Gasteiger partial charge in [-0.3, -0.25) is 0 Å². The Labute approximate surface area is 134 Å². The molecular weight excluding hydrogens is 340 g/mol. The van der Waals surface area contributed by atoms with Crippen molar-refractivity contribution in [1.29, 1.82) is 0 Å². The van der Waals surface area contributed by atoms with Gasteiger partial charge in [0, 0.05) is 15.7 Å². The molecule has 0 unspecified atom stereocenters. The predicted molar refractivity (Wildman–Crippen MR) is 80.5 cm³/mol. The van der Waals surface area contributed by atoms with Crippen molar-refractivity contribution in [2.45, 2.75) is 6.18 Å². The van der Waals surface area contributed by atoms with Crippen LogP contribution in [0.15, 0.2) is 42.5 Å². The van der Waals surface area contributed by atoms with Crippen LogP contribution in [0, 0.1) is 0 Å². The Kier molecular flexibility index (Phi) is 4.83. The summed E-state index contributed by atoms with van der Waals surface area (Å²) in [6, 6.07) is 8.49. The first kappa shape index (κ1) is 16.5. The van der Waals surface area contributed by atoms with E-state index in [0.29, 0.717) is 10.7 Å². The van der Waals surface area contributed by atoms with E-state index in [9.17, 15) is 18.0 Å². The fraction of sp³-hybridized carbons (Fsp3) is 0.0714. The zero-order chi connectivity index (χ0) is 16.3. The first-order valence-electron chi connectivity index (χ1n) is 5.96. The van der Waals surface area contributed by atoms with Gasteiger partial charge < -0.3 is 10.6 Å². The Bertz CT molecular complexity index is 705. The summed E-state index contributed by atoms with van der Waals surface area (Å²) >= 11 is 11.3. The monoisotopic (exact) mass is 348 g/mol. The topological polar surface area (TPSA) is 41.1 Å². The van der Waals surface area contributed by atoms with Gasteiger partial charge in [-0.05, 0) is 36.4 Å². The van der Waals surface area contributed by atoms with Gasteiger partial charge in [0.25, 0.3) is 0 Å². The van der Waals surface area contributed by atoms with Crippen molar-refractivity contribution in [3.63, 3.8) is 0 Å². The zero-order valence-corrected chi connectivity index (χ0v) is 12.4. The lowest BCUT2D eigenvalue weighted by Gasteiger charge is -2.14. The van der Waals surface area contributed by atoms with E-state index in [0.717, 1.165) is 12.1 Å². The lowest BCUT2D eigenvalue weighted by Crippen LogP contribution is -2.21. The molecule has 0 saturated carbocycles. The van der Waals surface area contributed by atoms with E-state index in [-0.39, 0.29) is 5.02 Å². The summed E-state index contributed by atoms with van der Waals surface area (Å²) in [6.45, 7) is 0. The van der Waals surface area contributed by atoms with Gasteiger partial charge in [0.15, 0.2) is 0 Å². The Morgan fingerprint density at radius 2 is 1.64 bits per heavy atom. The van der Waals surface area contributed by atoms with Crippen molar-refractivity contribution in [3.8, 4) is 0 Å². The van der Waals surface area contributed by atoms with Crippen LogP contribution in [-0.2, 0) is 6.18 Å². The van der Waals surface area contributed by atoms with Crippen LogP contribution in [-0.4, -0.2) is 6.03 Å². The van der Waals surface area contributed by atoms with Crippen molar-refractivity contribution < 1.29 is 18.0 Å². The van der Waals surface area contributed by atoms with E-state index < -0.39 is 23.5 Å². The molecule has 0 aliphatic carbocycles. The molecule has 0 fully saturated rings. The molecule has 0 aromatic heterocycles. The molecule has 0 saturated heterocycles. The number of alkyl halides is 3. The normalized spacial score (nSPS) is 11.1. The first-order valence-corrected chi connectivity index (χ1v) is 6.71. The van der Waals surface area contributed by atoms with Crippen LogP contribution in [0.2, 0.25) is 10.0 Å². The van der Waals surface area contributed by atoms with Gasteiger partial charge in [0.1, 0.15) is 0 Å². The van der Waals surface area contributed by atoms with Gasteiger partial charge >= 0.3 is 12.2 Å². The maximum Gasteiger partial charge on any atom is 0.418 e. The van der Waals surface area contributed by atoms with Gasteiger partial charge in [-0.1, -0.05) is 29.3 Å². The Hall–Kier alpha value is -1.92. The lowest BCUT2D eigenvalue weighted by molar-refractivity contribution is -0.136. The molecule has 3 nitrogen and oxygen atoms in total. The molecule has 0 aliphatic rings. The van der Waals surface area contributed by atoms with Gasteiger partial charge in [-0.2, -0.15) is 13.2 Å². The highest BCUT2D eigenvalue weighted by Gasteiger charge is 2.34. The van der Waals surface area contributed by atoms with E-state index in [1.54, 1.807) is 18.2 Å². The zero-order valence-electron chi connectivity index (χ0n) is 10.8. The van der Waals surface area contributed by atoms with Crippen LogP contribution in [0.5, 0.6) is 0 Å². The van der Waals surface area contributed by atoms with Crippen LogP contribution in [0.4, 0.5) is 29.3 Å². The first-order chi connectivity index (χ1) is 10.3. The average Bonchev–Trinajstić information content (AvgIpc) is 2.39. The Balaban J connectivity index is 2.18. The molecule has 22 heavy (non-hydrogen) atoms. The molecule has 116 valence electrons. The van der Waals surface area contributed by atoms with E-state index in [1.807, 2.05) is 0 Å². The SMILES string of the molecule is O=C(Nc1cccc(Cl)c1)Nc1ccc(Cl)cc1C(F)(F)F. The summed E-state index contributed by atoms with van der Waals surface area (Å²) in [5.74, 6) is 0. The highest BCUT2D eigenvalue weighted by molar-refractivity contribution is 6.31. The molecule has 2 amide bonds. The van der Waals surface area contributed by atoms with Crippen LogP contribution in [0.25, 0.3) is 0 Å². The molecule has 0 atom stereocenters. The second-order valence-corrected chi connectivity index (χ2v) is 5.15. The smallest absolute Gasteiger partial charge is 0.308 e. The fourth-order valence-corrected chi connectivity index (χ4v) is 2.07. The lowest BCUT2D eigenvalue weighted by atomic mass is 10.1. The summed E-state index contributed by atoms with van der Waals surface area (Å²) in [4.78, 5) is 11.8. The summed E-state index contributed by atoms with van der Waals surface area (Å²) in [5, 5.41) is 4.84. The third-order valence-corrected chi connectivity index (χ3v) is 3.09. The maximum absolute atomic E-state index is 12.9. The van der Waals surface area contributed by atoms with Crippen molar-refractivity contribution >= 4 is 40.6 Å². The highest BCUT2D eigenvalue weighted by Crippen LogP contribution is 2.36. The van der Waals surface area contributed by atoms with Crippen LogP contribution in [0.1, 0.15) is 5.56 Å². The third kappa shape index (κ3) is 4.29. The number of carbonyl (C=O) groups excluding carboxylic acids is 1. The molecule has 0 spiro atoms. The van der Waals surface area contributed by atoms with Gasteiger partial charge in [0.2, 0.25) is 0 Å². The van der Waals surface area contributed by atoms with Crippen LogP contribution < -0.4 is 10.6 Å². The van der Waals surface area contributed by atoms with Gasteiger partial charge in [-0.15, -0.1) is 0 Å². The standard InChI is InChI=1S/C14H9Cl2F3N2O/c15-8-2-1-3-10(6-8)20-13(22)21-12-5-4-9(16)7-11(12)14(17,18)19/h1-7H,(H2,20,21,22). The summed E-state index contributed by atoms with van der Waals surface area (Å²) in [5.41, 5.74) is -1.06. The van der Waals surface area contributed by atoms with E-state index in [2.05, 4.69) is 10.6 Å². The number of anilines is 2. The number of rotatable bonds is 2. The molecule has 0 radical (unpaired) electrons. The molecule has 2 rings (SSSR count). The number of amides is 2. The molecule has 2 aromatic rings. The number of halogens is 5. The van der Waals surface area contributed by atoms with E-state index in [1.165, 1.54) is 12.1 Å². The van der Waals surface area contributed by atoms with Crippen molar-refractivity contribution in [2.75, 3.05) is 10.6 Å². The minimum Gasteiger partial charge on any atom is -0.308 e. The number of hydrogen-bond acceptors (Lipinski definition) is 1. The highest BCUT2D eigenvalue weighted by atomic mass is 35.5. The number of carbonyl (C=O) groups is 1. The number of hydrogen-bond donors (Lipinski definition) is 2. The molecule has 0 aliphatic heterocycles. The minimum absolute atomic E-state index is 0.0758. The summed E-state index contributed by atoms with van der Waals surface area (Å²) in [7, 11) is 0. The second-order valence-electron chi connectivity index (χ2n) is 4.28. The summed E-state index contributed by atoms with van der Waals surface area (Å²) < 4.78 is 38.7. The number of nitrogens with one attached hydrogen (secondary N) is 2. The van der Waals surface area contributed by atoms with Crippen LogP contribution in [0.3, 0.4) is 0 Å². The second kappa shape index (κ2) is 6.46. The number of urea groups is 1. The van der Waals surface area contributed by atoms with E-state index in [4.69, 9.17) is 23.2 Å². The van der Waals surface area contributed by atoms with Gasteiger partial charge in [0.05, 0.1) is 11.3 Å². The maximum atomic E-state index is 12.9. The Morgan fingerprint density at radius 1 is 0.955 bits per heavy atom. The van der Waals surface area contributed by atoms with Gasteiger partial charge in [-0.25, -0.2) is 4.79 Å².